The van der Waals surface area contributed by atoms with E-state index in [2.05, 4.69) is 10.2 Å². The second-order valence-corrected chi connectivity index (χ2v) is 17.0. The molecule has 4 atom stereocenters. The molecule has 3 saturated heterocycles. The third kappa shape index (κ3) is 9.02. The Morgan fingerprint density at radius 1 is 0.652 bits per heavy atom. The van der Waals surface area contributed by atoms with Crippen molar-refractivity contribution >= 4 is 43.2 Å². The van der Waals surface area contributed by atoms with Crippen LogP contribution < -0.4 is 5.32 Å². The number of aliphatic hydroxyl groups excluding tert-OH is 1. The molecule has 2 N–H and O–H groups in total. The van der Waals surface area contributed by atoms with Gasteiger partial charge in [0.15, 0.2) is 0 Å². The Morgan fingerprint density at radius 3 is 1.59 bits per heavy atom. The van der Waals surface area contributed by atoms with Crippen LogP contribution in [0.2, 0.25) is 10.0 Å². The minimum absolute atomic E-state index is 0.174. The number of hydrogen-bond donors (Lipinski definition) is 2. The Balaban J connectivity index is 0.000000155. The summed E-state index contributed by atoms with van der Waals surface area (Å²) in [4.78, 5) is 2.61. The van der Waals surface area contributed by atoms with Crippen molar-refractivity contribution in [3.8, 4) is 0 Å². The first kappa shape index (κ1) is 36.0. The Morgan fingerprint density at radius 2 is 1.11 bits per heavy atom. The molecule has 5 aliphatic rings. The molecule has 3 heterocycles. The highest BCUT2D eigenvalue weighted by molar-refractivity contribution is 7.89. The highest BCUT2D eigenvalue weighted by atomic mass is 35.5. The van der Waals surface area contributed by atoms with Crippen molar-refractivity contribution in [3.63, 3.8) is 0 Å². The highest BCUT2D eigenvalue weighted by Crippen LogP contribution is 2.36. The lowest BCUT2D eigenvalue weighted by Gasteiger charge is -2.42. The summed E-state index contributed by atoms with van der Waals surface area (Å²) in [5.41, 5.74) is 0. The molecule has 0 radical (unpaired) electrons. The number of rotatable bonds is 5. The normalized spacial score (nSPS) is 27.7. The van der Waals surface area contributed by atoms with Gasteiger partial charge in [0.05, 0.1) is 28.4 Å². The number of hydrogen-bond acceptors (Lipinski definition) is 8. The number of benzene rings is 2. The first-order chi connectivity index (χ1) is 22.1. The fourth-order valence-electron chi connectivity index (χ4n) is 6.64. The van der Waals surface area contributed by atoms with Crippen LogP contribution in [0.3, 0.4) is 0 Å². The van der Waals surface area contributed by atoms with Crippen LogP contribution in [0.25, 0.3) is 0 Å². The largest absolute Gasteiger partial charge is 0.391 e. The van der Waals surface area contributed by atoms with Crippen molar-refractivity contribution in [2.75, 3.05) is 52.4 Å². The van der Waals surface area contributed by atoms with E-state index in [1.807, 2.05) is 0 Å². The van der Waals surface area contributed by atoms with Crippen LogP contribution in [0, 0.1) is 0 Å². The van der Waals surface area contributed by atoms with E-state index >= 15 is 0 Å². The quantitative estimate of drug-likeness (QED) is 0.442. The van der Waals surface area contributed by atoms with Gasteiger partial charge < -0.3 is 15.2 Å². The molecular weight excluding hydrogens is 671 g/mol. The minimum atomic E-state index is -3.55. The van der Waals surface area contributed by atoms with Crippen LogP contribution in [0.1, 0.15) is 51.4 Å². The lowest BCUT2D eigenvalue weighted by Crippen LogP contribution is -2.55. The molecule has 0 spiro atoms. The fourth-order valence-corrected chi connectivity index (χ4v) is 10.5. The van der Waals surface area contributed by atoms with Gasteiger partial charge >= 0.3 is 0 Å². The van der Waals surface area contributed by atoms with Gasteiger partial charge in [0.25, 0.3) is 0 Å². The predicted molar refractivity (Wildman–Crippen MR) is 180 cm³/mol. The van der Waals surface area contributed by atoms with Crippen molar-refractivity contribution in [2.24, 2.45) is 0 Å². The van der Waals surface area contributed by atoms with Gasteiger partial charge in [-0.25, -0.2) is 16.8 Å². The third-order valence-electron chi connectivity index (χ3n) is 9.34. The summed E-state index contributed by atoms with van der Waals surface area (Å²) in [6, 6.07) is 13.3. The fraction of sp³-hybridized carbons (Fsp3) is 0.625. The van der Waals surface area contributed by atoms with Gasteiger partial charge in [-0.15, -0.1) is 0 Å². The summed E-state index contributed by atoms with van der Waals surface area (Å²) in [5.74, 6) is 0. The van der Waals surface area contributed by atoms with Gasteiger partial charge in [-0.3, -0.25) is 4.90 Å². The number of ether oxygens (including phenoxy) is 1. The standard InChI is InChI=1S/C16H23ClN2O3S.C10H13ClN2O2S.C6H10O/c17-13-5-1-4-8-16(13)23(21,22)19-11-9-18(10-12-19)14-6-2-3-7-15(14)20;11-9-3-1-2-4-10(9)16(14,15)13-7-5-12-6-8-13;1-2-4-6-5(3-1)7-6/h1,4-5,8,14-15,20H,2-3,6-7,9-12H2;1-4,12H,5-8H2;5-6H,1-4H2/t14-,15-;;/m0../s1. The van der Waals surface area contributed by atoms with Crippen molar-refractivity contribution in [3.05, 3.63) is 58.6 Å². The van der Waals surface area contributed by atoms with Crippen molar-refractivity contribution in [1.29, 1.82) is 0 Å². The van der Waals surface area contributed by atoms with E-state index < -0.39 is 20.0 Å². The number of piperazine rings is 2. The average Bonchev–Trinajstić information content (AvgIpc) is 3.87. The summed E-state index contributed by atoms with van der Waals surface area (Å²) in [6.45, 7) is 4.55. The Bertz CT molecular complexity index is 1490. The minimum Gasteiger partial charge on any atom is -0.391 e. The predicted octanol–water partition coefficient (Wildman–Crippen LogP) is 4.21. The monoisotopic (exact) mass is 716 g/mol. The van der Waals surface area contributed by atoms with E-state index in [-0.39, 0.29) is 32.0 Å². The lowest BCUT2D eigenvalue weighted by molar-refractivity contribution is 0.00640. The Labute approximate surface area is 284 Å². The van der Waals surface area contributed by atoms with Gasteiger partial charge in [-0.05, 0) is 49.9 Å². The van der Waals surface area contributed by atoms with Crippen LogP contribution in [0.4, 0.5) is 0 Å². The van der Waals surface area contributed by atoms with Crippen molar-refractivity contribution in [1.82, 2.24) is 18.8 Å². The zero-order valence-electron chi connectivity index (χ0n) is 26.1. The summed E-state index contributed by atoms with van der Waals surface area (Å²) in [6.07, 6.45) is 10.7. The topological polar surface area (TPSA) is 123 Å². The summed E-state index contributed by atoms with van der Waals surface area (Å²) in [7, 11) is -6.98. The van der Waals surface area contributed by atoms with Crippen LogP contribution >= 0.6 is 23.2 Å². The molecule has 10 nitrogen and oxygen atoms in total. The van der Waals surface area contributed by atoms with Gasteiger partial charge in [-0.1, -0.05) is 73.2 Å². The first-order valence-electron chi connectivity index (χ1n) is 16.4. The number of aliphatic hydroxyl groups is 1. The van der Waals surface area contributed by atoms with E-state index in [1.165, 1.54) is 34.3 Å². The molecular formula is C32H46Cl2N4O6S2. The van der Waals surface area contributed by atoms with E-state index in [9.17, 15) is 21.9 Å². The Hall–Kier alpha value is -1.32. The zero-order valence-corrected chi connectivity index (χ0v) is 29.3. The maximum Gasteiger partial charge on any atom is 0.244 e. The molecule has 0 bridgehead atoms. The van der Waals surface area contributed by atoms with E-state index in [1.54, 1.807) is 48.5 Å². The molecule has 0 aromatic heterocycles. The number of sulfonamides is 2. The Kier molecular flexibility index (Phi) is 12.8. The number of fused-ring (bicyclic) bond motifs is 1. The first-order valence-corrected chi connectivity index (χ1v) is 20.0. The molecule has 2 aromatic carbocycles. The van der Waals surface area contributed by atoms with Crippen LogP contribution in [-0.2, 0) is 24.8 Å². The van der Waals surface area contributed by atoms with E-state index in [0.29, 0.717) is 64.6 Å². The molecule has 2 unspecified atom stereocenters. The van der Waals surface area contributed by atoms with Crippen LogP contribution in [-0.4, -0.2) is 112 Å². The maximum absolute atomic E-state index is 12.7. The maximum atomic E-state index is 12.7. The second kappa shape index (κ2) is 16.4. The molecule has 256 valence electrons. The van der Waals surface area contributed by atoms with Crippen LogP contribution in [0.5, 0.6) is 0 Å². The molecule has 5 fully saturated rings. The van der Waals surface area contributed by atoms with E-state index in [4.69, 9.17) is 27.9 Å². The molecule has 2 aliphatic carbocycles. The van der Waals surface area contributed by atoms with Gasteiger partial charge in [0, 0.05) is 58.4 Å². The number of nitrogens with zero attached hydrogens (tertiary/aromatic N) is 3. The van der Waals surface area contributed by atoms with Crippen molar-refractivity contribution < 1.29 is 26.7 Å². The summed E-state index contributed by atoms with van der Waals surface area (Å²) < 4.78 is 58.1. The summed E-state index contributed by atoms with van der Waals surface area (Å²) in [5, 5.41) is 13.8. The molecule has 2 saturated carbocycles. The SMILES string of the molecule is C1CCC2OC2C1.O=S(=O)(c1ccccc1Cl)N1CCN([C@H]2CCCC[C@@H]2O)CC1.O=S(=O)(c1ccccc1Cl)N1CCNCC1. The van der Waals surface area contributed by atoms with Gasteiger partial charge in [0.1, 0.15) is 9.79 Å². The number of nitrogens with one attached hydrogen (secondary N) is 1. The average molecular weight is 718 g/mol. The highest BCUT2D eigenvalue weighted by Gasteiger charge is 2.40. The molecule has 0 amide bonds. The van der Waals surface area contributed by atoms with Crippen molar-refractivity contribution in [2.45, 2.75) is 85.5 Å². The number of halogens is 2. The number of epoxide rings is 1. The second-order valence-electron chi connectivity index (χ2n) is 12.4. The molecule has 46 heavy (non-hydrogen) atoms. The smallest absolute Gasteiger partial charge is 0.244 e. The molecule has 7 rings (SSSR count). The van der Waals surface area contributed by atoms with Gasteiger partial charge in [0.2, 0.25) is 20.0 Å². The molecule has 14 heteroatoms. The zero-order chi connectivity index (χ0) is 32.7. The molecule has 2 aromatic rings. The lowest BCUT2D eigenvalue weighted by atomic mass is 9.91. The third-order valence-corrected chi connectivity index (χ3v) is 14.1. The van der Waals surface area contributed by atoms with Crippen LogP contribution in [0.15, 0.2) is 58.3 Å². The summed E-state index contributed by atoms with van der Waals surface area (Å²) >= 11 is 12.0. The van der Waals surface area contributed by atoms with Gasteiger partial charge in [-0.2, -0.15) is 8.61 Å². The molecule has 3 aliphatic heterocycles. The van der Waals surface area contributed by atoms with E-state index in [0.717, 1.165) is 25.7 Å².